The maximum absolute atomic E-state index is 11.4. The lowest BCUT2D eigenvalue weighted by molar-refractivity contribution is 0.0957. The van der Waals surface area contributed by atoms with E-state index < -0.39 is 0 Å². The summed E-state index contributed by atoms with van der Waals surface area (Å²) in [5.41, 5.74) is 3.45. The summed E-state index contributed by atoms with van der Waals surface area (Å²) in [6.07, 6.45) is 0. The minimum atomic E-state index is -0.277. The van der Waals surface area contributed by atoms with E-state index in [4.69, 9.17) is 10.6 Å². The van der Waals surface area contributed by atoms with Crippen molar-refractivity contribution in [2.75, 3.05) is 0 Å². The van der Waals surface area contributed by atoms with Crippen LogP contribution in [0.1, 0.15) is 40.9 Å². The molecule has 0 aliphatic heterocycles. The first kappa shape index (κ1) is 15.5. The van der Waals surface area contributed by atoms with Gasteiger partial charge in [0.05, 0.1) is 4.88 Å². The number of carbonyl (C=O) groups is 1. The van der Waals surface area contributed by atoms with Crippen molar-refractivity contribution >= 4 is 17.2 Å². The highest BCUT2D eigenvalue weighted by molar-refractivity contribution is 7.14. The molecule has 3 N–H and O–H groups in total. The van der Waals surface area contributed by atoms with E-state index in [2.05, 4.69) is 38.3 Å². The van der Waals surface area contributed by atoms with Crippen LogP contribution >= 0.6 is 11.3 Å². The second kappa shape index (κ2) is 6.28. The summed E-state index contributed by atoms with van der Waals surface area (Å²) < 4.78 is 5.80. The van der Waals surface area contributed by atoms with Gasteiger partial charge in [0.2, 0.25) is 0 Å². The Kier molecular flexibility index (Phi) is 4.65. The van der Waals surface area contributed by atoms with Crippen LogP contribution in [-0.4, -0.2) is 5.91 Å². The fourth-order valence-corrected chi connectivity index (χ4v) is 2.68. The highest BCUT2D eigenvalue weighted by Gasteiger charge is 2.14. The van der Waals surface area contributed by atoms with Gasteiger partial charge in [-0.2, -0.15) is 0 Å². The fourth-order valence-electron chi connectivity index (χ4n) is 1.86. The van der Waals surface area contributed by atoms with Crippen molar-refractivity contribution in [2.45, 2.75) is 32.8 Å². The molecule has 0 fully saturated rings. The zero-order valence-electron chi connectivity index (χ0n) is 12.5. The van der Waals surface area contributed by atoms with Crippen LogP contribution in [0.5, 0.6) is 5.75 Å². The monoisotopic (exact) mass is 304 g/mol. The number of rotatable bonds is 4. The molecule has 0 spiro atoms. The number of thiophene rings is 1. The Morgan fingerprint density at radius 3 is 2.71 bits per heavy atom. The molecule has 1 amide bonds. The molecule has 0 saturated carbocycles. The Bertz CT molecular complexity index is 629. The Hall–Kier alpha value is -1.85. The molecular weight excluding hydrogens is 284 g/mol. The van der Waals surface area contributed by atoms with Gasteiger partial charge in [0.25, 0.3) is 5.91 Å². The molecule has 112 valence electrons. The molecule has 0 unspecified atom stereocenters. The molecule has 0 aliphatic carbocycles. The molecule has 0 radical (unpaired) electrons. The lowest BCUT2D eigenvalue weighted by Crippen LogP contribution is -2.29. The van der Waals surface area contributed by atoms with Crippen molar-refractivity contribution in [3.8, 4) is 5.75 Å². The van der Waals surface area contributed by atoms with Gasteiger partial charge >= 0.3 is 0 Å². The number of nitrogens with two attached hydrogens (primary N) is 1. The second-order valence-corrected chi connectivity index (χ2v) is 6.97. The van der Waals surface area contributed by atoms with Crippen LogP contribution in [0.15, 0.2) is 36.4 Å². The van der Waals surface area contributed by atoms with Crippen LogP contribution in [0, 0.1) is 0 Å². The Morgan fingerprint density at radius 1 is 1.29 bits per heavy atom. The van der Waals surface area contributed by atoms with Crippen LogP contribution < -0.4 is 16.0 Å². The number of nitrogen functional groups attached to an aromatic ring is 1. The van der Waals surface area contributed by atoms with Gasteiger partial charge in [0.1, 0.15) is 12.4 Å². The predicted octanol–water partition coefficient (Wildman–Crippen LogP) is 3.23. The van der Waals surface area contributed by atoms with Crippen LogP contribution in [-0.2, 0) is 12.0 Å². The molecule has 1 heterocycles. The molecular formula is C16H20N2O2S. The topological polar surface area (TPSA) is 64.3 Å². The zero-order chi connectivity index (χ0) is 15.5. The lowest BCUT2D eigenvalue weighted by Gasteiger charge is -2.19. The maximum Gasteiger partial charge on any atom is 0.275 e. The highest BCUT2D eigenvalue weighted by atomic mass is 32.1. The van der Waals surface area contributed by atoms with Crippen molar-refractivity contribution in [1.29, 1.82) is 0 Å². The van der Waals surface area contributed by atoms with E-state index in [1.165, 1.54) is 16.9 Å². The summed E-state index contributed by atoms with van der Waals surface area (Å²) >= 11 is 1.38. The van der Waals surface area contributed by atoms with Gasteiger partial charge in [0.15, 0.2) is 0 Å². The van der Waals surface area contributed by atoms with Crippen molar-refractivity contribution in [2.24, 2.45) is 5.84 Å². The first-order valence-electron chi connectivity index (χ1n) is 6.73. The Labute approximate surface area is 128 Å². The summed E-state index contributed by atoms with van der Waals surface area (Å²) in [4.78, 5) is 13.0. The first-order chi connectivity index (χ1) is 9.90. The number of amides is 1. The highest BCUT2D eigenvalue weighted by Crippen LogP contribution is 2.26. The van der Waals surface area contributed by atoms with Gasteiger partial charge in [-0.15, -0.1) is 11.3 Å². The summed E-state index contributed by atoms with van der Waals surface area (Å²) in [5, 5.41) is 0. The molecule has 0 aliphatic rings. The van der Waals surface area contributed by atoms with Crippen molar-refractivity contribution < 1.29 is 9.53 Å². The van der Waals surface area contributed by atoms with Gasteiger partial charge in [0, 0.05) is 4.88 Å². The van der Waals surface area contributed by atoms with Crippen LogP contribution in [0.4, 0.5) is 0 Å². The summed E-state index contributed by atoms with van der Waals surface area (Å²) in [6.45, 7) is 6.95. The smallest absolute Gasteiger partial charge is 0.275 e. The number of carbonyl (C=O) groups excluding carboxylic acids is 1. The van der Waals surface area contributed by atoms with E-state index in [-0.39, 0.29) is 11.3 Å². The minimum Gasteiger partial charge on any atom is -0.488 e. The fraction of sp³-hybridized carbons (Fsp3) is 0.312. The Morgan fingerprint density at radius 2 is 2.05 bits per heavy atom. The van der Waals surface area contributed by atoms with Gasteiger partial charge < -0.3 is 4.74 Å². The van der Waals surface area contributed by atoms with Crippen molar-refractivity contribution in [3.63, 3.8) is 0 Å². The third-order valence-corrected chi connectivity index (χ3v) is 4.16. The zero-order valence-corrected chi connectivity index (χ0v) is 13.3. The van der Waals surface area contributed by atoms with Crippen molar-refractivity contribution in [3.05, 3.63) is 51.7 Å². The number of hydrazine groups is 1. The van der Waals surface area contributed by atoms with Crippen LogP contribution in [0.25, 0.3) is 0 Å². The van der Waals surface area contributed by atoms with E-state index in [0.29, 0.717) is 11.5 Å². The van der Waals surface area contributed by atoms with E-state index in [1.807, 2.05) is 18.2 Å². The summed E-state index contributed by atoms with van der Waals surface area (Å²) in [5.74, 6) is 5.67. The normalized spacial score (nSPS) is 11.2. The predicted molar refractivity (Wildman–Crippen MR) is 85.4 cm³/mol. The van der Waals surface area contributed by atoms with Crippen LogP contribution in [0.2, 0.25) is 0 Å². The number of ether oxygens (including phenoxy) is 1. The molecule has 0 saturated heterocycles. The lowest BCUT2D eigenvalue weighted by atomic mass is 9.87. The quantitative estimate of drug-likeness (QED) is 0.518. The third-order valence-electron chi connectivity index (χ3n) is 3.10. The van der Waals surface area contributed by atoms with Gasteiger partial charge in [-0.25, -0.2) is 5.84 Å². The summed E-state index contributed by atoms with van der Waals surface area (Å²) in [7, 11) is 0. The van der Waals surface area contributed by atoms with E-state index in [1.54, 1.807) is 6.07 Å². The standard InChI is InChI=1S/C16H20N2O2S/c1-16(2,3)11-5-4-6-12(9-11)20-10-13-7-8-14(21-13)15(19)18-17/h4-9H,10,17H2,1-3H3,(H,18,19). The molecule has 21 heavy (non-hydrogen) atoms. The van der Waals surface area contributed by atoms with E-state index in [0.717, 1.165) is 10.6 Å². The van der Waals surface area contributed by atoms with E-state index in [9.17, 15) is 4.79 Å². The molecule has 5 heteroatoms. The van der Waals surface area contributed by atoms with Gasteiger partial charge in [-0.3, -0.25) is 10.2 Å². The summed E-state index contributed by atoms with van der Waals surface area (Å²) in [6, 6.07) is 11.7. The number of hydrogen-bond donors (Lipinski definition) is 2. The van der Waals surface area contributed by atoms with Gasteiger partial charge in [-0.05, 0) is 35.2 Å². The molecule has 1 aromatic carbocycles. The second-order valence-electron chi connectivity index (χ2n) is 5.81. The average molecular weight is 304 g/mol. The molecule has 4 nitrogen and oxygen atoms in total. The van der Waals surface area contributed by atoms with Gasteiger partial charge in [-0.1, -0.05) is 32.9 Å². The first-order valence-corrected chi connectivity index (χ1v) is 7.55. The molecule has 1 aromatic heterocycles. The number of nitrogens with one attached hydrogen (secondary N) is 1. The third kappa shape index (κ3) is 4.06. The largest absolute Gasteiger partial charge is 0.488 e. The molecule has 0 atom stereocenters. The molecule has 0 bridgehead atoms. The van der Waals surface area contributed by atoms with Crippen LogP contribution in [0.3, 0.4) is 0 Å². The van der Waals surface area contributed by atoms with Crippen molar-refractivity contribution in [1.82, 2.24) is 5.43 Å². The minimum absolute atomic E-state index is 0.0920. The molecule has 2 rings (SSSR count). The number of hydrogen-bond acceptors (Lipinski definition) is 4. The maximum atomic E-state index is 11.4. The SMILES string of the molecule is CC(C)(C)c1cccc(OCc2ccc(C(=O)NN)s2)c1. The average Bonchev–Trinajstić information content (AvgIpc) is 2.92. The molecule has 2 aromatic rings. The van der Waals surface area contributed by atoms with E-state index >= 15 is 0 Å². The Balaban J connectivity index is 2.03. The number of benzene rings is 1.